The van der Waals surface area contributed by atoms with Crippen molar-refractivity contribution >= 4 is 66.5 Å². The molecule has 0 aliphatic heterocycles. The van der Waals surface area contributed by atoms with Gasteiger partial charge in [0.25, 0.3) is 5.91 Å². The third-order valence-electron chi connectivity index (χ3n) is 3.80. The summed E-state index contributed by atoms with van der Waals surface area (Å²) < 4.78 is 4.29. The molecule has 2 heterocycles. The smallest absolute Gasteiger partial charge is 0.289 e. The van der Waals surface area contributed by atoms with Crippen LogP contribution in [0.4, 0.5) is 0 Å². The number of thiophene rings is 1. The molecular weight excluding hydrogens is 424 g/mol. The summed E-state index contributed by atoms with van der Waals surface area (Å²) in [5, 5.41) is 0. The molecule has 0 aliphatic rings. The van der Waals surface area contributed by atoms with Crippen LogP contribution >= 0.6 is 50.4 Å². The molecule has 0 saturated heterocycles. The quantitative estimate of drug-likeness (QED) is 0.555. The summed E-state index contributed by atoms with van der Waals surface area (Å²) in [4.78, 5) is 18.3. The molecule has 126 valence electrons. The number of nitrogens with zero attached hydrogens (tertiary/aromatic N) is 2. The van der Waals surface area contributed by atoms with Crippen molar-refractivity contribution in [1.82, 2.24) is 4.57 Å². The van der Waals surface area contributed by atoms with E-state index < -0.39 is 0 Å². The normalized spacial score (nSPS) is 12.2. The van der Waals surface area contributed by atoms with Crippen LogP contribution in [0.2, 0.25) is 0 Å². The topological polar surface area (TPSA) is 34.4 Å². The van der Waals surface area contributed by atoms with Crippen LogP contribution in [0, 0.1) is 13.8 Å². The summed E-state index contributed by atoms with van der Waals surface area (Å²) in [5.41, 5.74) is 3.69. The highest BCUT2D eigenvalue weighted by Gasteiger charge is 2.11. The minimum atomic E-state index is -0.177. The number of halogens is 1. The average Bonchev–Trinajstić information content (AvgIpc) is 3.10. The Morgan fingerprint density at radius 1 is 1.25 bits per heavy atom. The van der Waals surface area contributed by atoms with E-state index in [-0.39, 0.29) is 5.91 Å². The first kappa shape index (κ1) is 17.9. The standard InChI is InChI=1S/C17H17BrN2OS3/c1-10-8-12-14(9-11(10)2)24-17(20(12)6-7-22-3)19-16(21)13-4-5-15(18)23-13/h4-5,8-9H,6-7H2,1-3H3. The first-order chi connectivity index (χ1) is 11.5. The third-order valence-corrected chi connectivity index (χ3v) is 7.04. The maximum absolute atomic E-state index is 12.5. The fourth-order valence-electron chi connectivity index (χ4n) is 2.38. The number of hydrogen-bond acceptors (Lipinski definition) is 4. The van der Waals surface area contributed by atoms with Crippen molar-refractivity contribution in [3.05, 3.63) is 48.9 Å². The van der Waals surface area contributed by atoms with Gasteiger partial charge in [0.05, 0.1) is 18.9 Å². The van der Waals surface area contributed by atoms with Gasteiger partial charge in [-0.25, -0.2) is 0 Å². The monoisotopic (exact) mass is 440 g/mol. The summed E-state index contributed by atoms with van der Waals surface area (Å²) in [6, 6.07) is 8.09. The van der Waals surface area contributed by atoms with E-state index in [0.717, 1.165) is 26.4 Å². The van der Waals surface area contributed by atoms with E-state index in [4.69, 9.17) is 0 Å². The number of aryl methyl sites for hydroxylation is 3. The highest BCUT2D eigenvalue weighted by atomic mass is 79.9. The second-order valence-corrected chi connectivity index (χ2v) is 9.91. The molecule has 2 aromatic heterocycles. The van der Waals surface area contributed by atoms with E-state index in [0.29, 0.717) is 4.88 Å². The van der Waals surface area contributed by atoms with Crippen molar-refractivity contribution in [1.29, 1.82) is 0 Å². The van der Waals surface area contributed by atoms with Gasteiger partial charge >= 0.3 is 0 Å². The maximum atomic E-state index is 12.5. The SMILES string of the molecule is CSCCn1c(=NC(=O)c2ccc(Br)s2)sc2cc(C)c(C)cc21. The molecular formula is C17H17BrN2OS3. The Morgan fingerprint density at radius 3 is 2.67 bits per heavy atom. The van der Waals surface area contributed by atoms with E-state index >= 15 is 0 Å². The molecule has 7 heteroatoms. The number of amides is 1. The Bertz CT molecular complexity index is 968. The molecule has 0 aliphatic carbocycles. The van der Waals surface area contributed by atoms with Crippen molar-refractivity contribution in [3.63, 3.8) is 0 Å². The van der Waals surface area contributed by atoms with Gasteiger partial charge < -0.3 is 4.57 Å². The van der Waals surface area contributed by atoms with Crippen LogP contribution in [0.25, 0.3) is 10.2 Å². The molecule has 24 heavy (non-hydrogen) atoms. The lowest BCUT2D eigenvalue weighted by Crippen LogP contribution is -2.18. The summed E-state index contributed by atoms with van der Waals surface area (Å²) in [7, 11) is 0. The maximum Gasteiger partial charge on any atom is 0.289 e. The van der Waals surface area contributed by atoms with Gasteiger partial charge in [-0.3, -0.25) is 4.79 Å². The number of thiazole rings is 1. The van der Waals surface area contributed by atoms with E-state index in [1.165, 1.54) is 27.2 Å². The van der Waals surface area contributed by atoms with E-state index in [1.54, 1.807) is 23.1 Å². The number of hydrogen-bond donors (Lipinski definition) is 0. The van der Waals surface area contributed by atoms with Crippen LogP contribution in [0.3, 0.4) is 0 Å². The molecule has 3 rings (SSSR count). The molecule has 3 nitrogen and oxygen atoms in total. The summed E-state index contributed by atoms with van der Waals surface area (Å²) in [6.07, 6.45) is 2.09. The first-order valence-corrected chi connectivity index (χ1v) is 11.3. The largest absolute Gasteiger partial charge is 0.315 e. The van der Waals surface area contributed by atoms with Crippen molar-refractivity contribution < 1.29 is 4.79 Å². The van der Waals surface area contributed by atoms with Crippen LogP contribution in [0.5, 0.6) is 0 Å². The van der Waals surface area contributed by atoms with Crippen molar-refractivity contribution in [2.45, 2.75) is 20.4 Å². The number of fused-ring (bicyclic) bond motifs is 1. The van der Waals surface area contributed by atoms with Gasteiger partial charge in [0.1, 0.15) is 0 Å². The Hall–Kier alpha value is -0.890. The Labute approximate surface area is 161 Å². The minimum Gasteiger partial charge on any atom is -0.315 e. The number of thioether (sulfide) groups is 1. The number of aromatic nitrogens is 1. The Morgan fingerprint density at radius 2 is 2.00 bits per heavy atom. The predicted molar refractivity (Wildman–Crippen MR) is 110 cm³/mol. The molecule has 1 aromatic carbocycles. The van der Waals surface area contributed by atoms with Gasteiger partial charge in [-0.1, -0.05) is 11.3 Å². The Balaban J connectivity index is 2.14. The molecule has 1 amide bonds. The molecule has 0 saturated carbocycles. The third kappa shape index (κ3) is 3.69. The zero-order chi connectivity index (χ0) is 17.3. The first-order valence-electron chi connectivity index (χ1n) is 7.43. The highest BCUT2D eigenvalue weighted by Crippen LogP contribution is 2.24. The van der Waals surface area contributed by atoms with Gasteiger partial charge in [-0.05, 0) is 71.4 Å². The lowest BCUT2D eigenvalue weighted by atomic mass is 10.1. The number of rotatable bonds is 4. The van der Waals surface area contributed by atoms with Gasteiger partial charge in [0.15, 0.2) is 4.80 Å². The van der Waals surface area contributed by atoms with E-state index in [9.17, 15) is 4.79 Å². The van der Waals surface area contributed by atoms with Crippen molar-refractivity contribution in [3.8, 4) is 0 Å². The summed E-state index contributed by atoms with van der Waals surface area (Å²) in [5.74, 6) is 0.814. The number of benzene rings is 1. The minimum absolute atomic E-state index is 0.177. The van der Waals surface area contributed by atoms with Crippen molar-refractivity contribution in [2.75, 3.05) is 12.0 Å². The molecule has 0 radical (unpaired) electrons. The number of carbonyl (C=O) groups excluding carboxylic acids is 1. The van der Waals surface area contributed by atoms with Gasteiger partial charge in [-0.15, -0.1) is 11.3 Å². The summed E-state index contributed by atoms with van der Waals surface area (Å²) in [6.45, 7) is 5.09. The van der Waals surface area contributed by atoms with Crippen LogP contribution in [0.1, 0.15) is 20.8 Å². The second kappa shape index (κ2) is 7.56. The van der Waals surface area contributed by atoms with E-state index in [2.05, 4.69) is 57.7 Å². The van der Waals surface area contributed by atoms with Crippen LogP contribution in [0.15, 0.2) is 33.0 Å². The fourth-order valence-corrected chi connectivity index (χ4v) is 5.15. The predicted octanol–water partition coefficient (Wildman–Crippen LogP) is 5.25. The van der Waals surface area contributed by atoms with Gasteiger partial charge in [-0.2, -0.15) is 16.8 Å². The highest BCUT2D eigenvalue weighted by molar-refractivity contribution is 9.11. The lowest BCUT2D eigenvalue weighted by molar-refractivity contribution is 0.100. The zero-order valence-electron chi connectivity index (χ0n) is 13.6. The van der Waals surface area contributed by atoms with E-state index in [1.807, 2.05) is 12.1 Å². The summed E-state index contributed by atoms with van der Waals surface area (Å²) >= 11 is 8.20. The average molecular weight is 441 g/mol. The molecule has 0 fully saturated rings. The molecule has 0 atom stereocenters. The molecule has 0 N–H and O–H groups in total. The molecule has 0 bridgehead atoms. The van der Waals surface area contributed by atoms with Gasteiger partial charge in [0, 0.05) is 12.3 Å². The second-order valence-electron chi connectivity index (χ2n) is 5.45. The Kier molecular flexibility index (Phi) is 5.64. The van der Waals surface area contributed by atoms with Crippen LogP contribution in [-0.2, 0) is 6.54 Å². The van der Waals surface area contributed by atoms with Crippen LogP contribution in [-0.4, -0.2) is 22.5 Å². The molecule has 3 aromatic rings. The zero-order valence-corrected chi connectivity index (χ0v) is 17.7. The van der Waals surface area contributed by atoms with Crippen LogP contribution < -0.4 is 4.80 Å². The van der Waals surface area contributed by atoms with Gasteiger partial charge in [0.2, 0.25) is 0 Å². The molecule has 0 unspecified atom stereocenters. The molecule has 0 spiro atoms. The fraction of sp³-hybridized carbons (Fsp3) is 0.294. The van der Waals surface area contributed by atoms with Crippen molar-refractivity contribution in [2.24, 2.45) is 4.99 Å². The lowest BCUT2D eigenvalue weighted by Gasteiger charge is -2.05. The number of carbonyl (C=O) groups is 1.